The Bertz CT molecular complexity index is 2330. The Morgan fingerprint density at radius 3 is 1.81 bits per heavy atom. The molecule has 58 heavy (non-hydrogen) atoms. The molecule has 5 aromatic carbocycles. The summed E-state index contributed by atoms with van der Waals surface area (Å²) in [5.41, 5.74) is 3.34. The third kappa shape index (κ3) is 7.33. The van der Waals surface area contributed by atoms with Crippen molar-refractivity contribution in [3.05, 3.63) is 202 Å². The topological polar surface area (TPSA) is 142 Å². The van der Waals surface area contributed by atoms with Crippen LogP contribution in [0.4, 0.5) is 5.13 Å². The Hall–Kier alpha value is -6.70. The van der Waals surface area contributed by atoms with E-state index in [2.05, 4.69) is 52.2 Å². The Morgan fingerprint density at radius 1 is 0.810 bits per heavy atom. The van der Waals surface area contributed by atoms with Crippen molar-refractivity contribution in [2.75, 3.05) is 18.2 Å². The summed E-state index contributed by atoms with van der Waals surface area (Å²) in [6.45, 7) is 0. The fraction of sp³-hybridized carbons (Fsp3) is 0.133. The van der Waals surface area contributed by atoms with Gasteiger partial charge in [-0.3, -0.25) is 14.5 Å². The number of anilines is 1. The number of rotatable bonds is 13. The molecule has 1 unspecified atom stereocenters. The SMILES string of the molecule is CO/N=C(\C(=O)NC1C(=O)N2C(C(=O)OC(c3ccccc3)c3ccccc3)=C(O)CS[C@H]12)c1csc(NC(c2ccccc2)(c2ccccc2)c2ccccc2)n1. The van der Waals surface area contributed by atoms with Gasteiger partial charge in [0.15, 0.2) is 22.6 Å². The molecule has 13 heteroatoms. The number of aliphatic hydroxyl groups excluding tert-OH is 1. The van der Waals surface area contributed by atoms with Crippen molar-refractivity contribution in [3.63, 3.8) is 0 Å². The van der Waals surface area contributed by atoms with Crippen LogP contribution in [0.1, 0.15) is 39.6 Å². The summed E-state index contributed by atoms with van der Waals surface area (Å²) >= 11 is 2.50. The van der Waals surface area contributed by atoms with Gasteiger partial charge in [0.2, 0.25) is 0 Å². The maximum Gasteiger partial charge on any atom is 0.359 e. The number of nitrogens with one attached hydrogen (secondary N) is 2. The number of aromatic nitrogens is 1. The minimum Gasteiger partial charge on any atom is -0.509 e. The van der Waals surface area contributed by atoms with Gasteiger partial charge in [0.25, 0.3) is 11.8 Å². The number of thioether (sulfide) groups is 1. The third-order valence-electron chi connectivity index (χ3n) is 9.92. The van der Waals surface area contributed by atoms with E-state index < -0.39 is 40.8 Å². The molecule has 2 aliphatic rings. The first-order valence-corrected chi connectivity index (χ1v) is 20.3. The normalized spacial score (nSPS) is 16.6. The summed E-state index contributed by atoms with van der Waals surface area (Å²) in [7, 11) is 1.32. The van der Waals surface area contributed by atoms with Crippen molar-refractivity contribution in [3.8, 4) is 0 Å². The van der Waals surface area contributed by atoms with Gasteiger partial charge in [-0.05, 0) is 27.8 Å². The van der Waals surface area contributed by atoms with Gasteiger partial charge in [0.05, 0.1) is 5.75 Å². The highest BCUT2D eigenvalue weighted by Gasteiger charge is 2.55. The number of hydrogen-bond donors (Lipinski definition) is 3. The van der Waals surface area contributed by atoms with Crippen LogP contribution < -0.4 is 10.6 Å². The lowest BCUT2D eigenvalue weighted by molar-refractivity contribution is -0.154. The van der Waals surface area contributed by atoms with Crippen LogP contribution in [0.3, 0.4) is 0 Å². The second-order valence-electron chi connectivity index (χ2n) is 13.4. The molecule has 6 aromatic rings. The maximum absolute atomic E-state index is 13.9. The highest BCUT2D eigenvalue weighted by atomic mass is 32.2. The van der Waals surface area contributed by atoms with E-state index in [4.69, 9.17) is 14.6 Å². The van der Waals surface area contributed by atoms with E-state index in [0.717, 1.165) is 27.8 Å². The monoisotopic (exact) mass is 807 g/mol. The summed E-state index contributed by atoms with van der Waals surface area (Å²) in [4.78, 5) is 52.6. The first-order valence-electron chi connectivity index (χ1n) is 18.4. The molecule has 0 radical (unpaired) electrons. The molecule has 3 heterocycles. The zero-order valence-corrected chi connectivity index (χ0v) is 32.7. The summed E-state index contributed by atoms with van der Waals surface area (Å²) in [5.74, 6) is -2.41. The molecule has 2 amide bonds. The Balaban J connectivity index is 1.02. The van der Waals surface area contributed by atoms with Gasteiger partial charge in [-0.1, -0.05) is 157 Å². The van der Waals surface area contributed by atoms with E-state index in [1.165, 1.54) is 35.1 Å². The zero-order valence-electron chi connectivity index (χ0n) is 31.1. The first kappa shape index (κ1) is 38.2. The zero-order chi connectivity index (χ0) is 40.1. The fourth-order valence-electron chi connectivity index (χ4n) is 7.23. The number of esters is 1. The van der Waals surface area contributed by atoms with Crippen LogP contribution in [-0.2, 0) is 29.5 Å². The number of nitrogens with zero attached hydrogens (tertiary/aromatic N) is 3. The molecule has 1 saturated heterocycles. The van der Waals surface area contributed by atoms with Crippen LogP contribution >= 0.6 is 23.1 Å². The molecule has 0 saturated carbocycles. The number of ether oxygens (including phenoxy) is 1. The molecule has 3 N–H and O–H groups in total. The molecule has 2 atom stereocenters. The molecule has 1 aromatic heterocycles. The van der Waals surface area contributed by atoms with Crippen LogP contribution in [0.15, 0.2) is 174 Å². The van der Waals surface area contributed by atoms with Crippen LogP contribution in [-0.4, -0.2) is 62.8 Å². The van der Waals surface area contributed by atoms with Crippen molar-refractivity contribution in [2.45, 2.75) is 23.1 Å². The molecule has 11 nitrogen and oxygen atoms in total. The predicted octanol–water partition coefficient (Wildman–Crippen LogP) is 7.40. The Labute approximate surface area is 343 Å². The number of amides is 2. The maximum atomic E-state index is 13.9. The van der Waals surface area contributed by atoms with Gasteiger partial charge in [-0.25, -0.2) is 9.78 Å². The van der Waals surface area contributed by atoms with E-state index in [1.54, 1.807) is 5.38 Å². The minimum atomic E-state index is -1.03. The molecule has 0 spiro atoms. The van der Waals surface area contributed by atoms with Crippen molar-refractivity contribution in [1.29, 1.82) is 0 Å². The van der Waals surface area contributed by atoms with Crippen LogP contribution in [0.25, 0.3) is 0 Å². The number of benzene rings is 5. The van der Waals surface area contributed by atoms with Crippen LogP contribution in [0, 0.1) is 0 Å². The number of fused-ring (bicyclic) bond motifs is 1. The lowest BCUT2D eigenvalue weighted by Crippen LogP contribution is -2.71. The quantitative estimate of drug-likeness (QED) is 0.0358. The Morgan fingerprint density at radius 2 is 1.31 bits per heavy atom. The lowest BCUT2D eigenvalue weighted by atomic mass is 9.77. The number of carbonyl (C=O) groups excluding carboxylic acids is 3. The minimum absolute atomic E-state index is 0.0265. The number of thiazole rings is 1. The summed E-state index contributed by atoms with van der Waals surface area (Å²) in [5, 5.41) is 23.0. The standard InChI is InChI=1S/C45H37N5O6S2/c1-55-49-36(34-27-58-44(46-34)48-45(31-21-11-4-12-22-31,32-23-13-5-14-24-32)33-25-15-6-16-26-33)40(52)47-37-41(53)50-38(35(51)28-57-42(37)50)43(54)56-39(29-17-7-2-8-18-29)30-19-9-3-10-20-30/h2-27,37,39,42,51H,28H2,1H3,(H,46,48)(H,47,52)/b49-36-/t37?,42-/m1/s1. The molecule has 1 fully saturated rings. The molecule has 2 aliphatic heterocycles. The van der Waals surface area contributed by atoms with Crippen molar-refractivity contribution in [1.82, 2.24) is 15.2 Å². The van der Waals surface area contributed by atoms with Gasteiger partial charge in [-0.15, -0.1) is 23.1 Å². The number of oxime groups is 1. The van der Waals surface area contributed by atoms with Crippen LogP contribution in [0.2, 0.25) is 0 Å². The van der Waals surface area contributed by atoms with Gasteiger partial charge in [0.1, 0.15) is 35.5 Å². The van der Waals surface area contributed by atoms with Gasteiger partial charge >= 0.3 is 5.97 Å². The number of aliphatic hydroxyl groups is 1. The molecule has 0 aliphatic carbocycles. The molecule has 290 valence electrons. The molecular weight excluding hydrogens is 771 g/mol. The summed E-state index contributed by atoms with van der Waals surface area (Å²) in [6, 6.07) is 47.6. The van der Waals surface area contributed by atoms with E-state index in [0.29, 0.717) is 5.13 Å². The lowest BCUT2D eigenvalue weighted by Gasteiger charge is -2.48. The van der Waals surface area contributed by atoms with E-state index in [-0.39, 0.29) is 28.6 Å². The van der Waals surface area contributed by atoms with Gasteiger partial charge < -0.3 is 25.3 Å². The highest BCUT2D eigenvalue weighted by Crippen LogP contribution is 2.42. The van der Waals surface area contributed by atoms with E-state index in [9.17, 15) is 19.5 Å². The summed E-state index contributed by atoms with van der Waals surface area (Å²) < 4.78 is 6.00. The second kappa shape index (κ2) is 16.8. The van der Waals surface area contributed by atoms with E-state index >= 15 is 0 Å². The number of hydrogen-bond acceptors (Lipinski definition) is 11. The van der Waals surface area contributed by atoms with E-state index in [1.807, 2.05) is 115 Å². The van der Waals surface area contributed by atoms with Crippen molar-refractivity contribution < 1.29 is 29.1 Å². The third-order valence-corrected chi connectivity index (χ3v) is 11.9. The number of carbonyl (C=O) groups is 3. The predicted molar refractivity (Wildman–Crippen MR) is 224 cm³/mol. The Kier molecular flexibility index (Phi) is 11.1. The van der Waals surface area contributed by atoms with Gasteiger partial charge in [0, 0.05) is 5.38 Å². The average Bonchev–Trinajstić information content (AvgIpc) is 3.74. The van der Waals surface area contributed by atoms with Crippen LogP contribution in [0.5, 0.6) is 0 Å². The fourth-order valence-corrected chi connectivity index (χ4v) is 9.18. The van der Waals surface area contributed by atoms with Crippen molar-refractivity contribution in [2.24, 2.45) is 5.16 Å². The molecule has 0 bridgehead atoms. The van der Waals surface area contributed by atoms with Gasteiger partial charge in [-0.2, -0.15) is 0 Å². The van der Waals surface area contributed by atoms with Crippen molar-refractivity contribution >= 4 is 51.7 Å². The first-order chi connectivity index (χ1) is 28.4. The molecular formula is C45H37N5O6S2. The largest absolute Gasteiger partial charge is 0.509 e. The number of β-lactam (4-membered cyclic amide) rings is 1. The smallest absolute Gasteiger partial charge is 0.359 e. The summed E-state index contributed by atoms with van der Waals surface area (Å²) in [6.07, 6.45) is -0.793. The second-order valence-corrected chi connectivity index (χ2v) is 15.4. The highest BCUT2D eigenvalue weighted by molar-refractivity contribution is 8.00. The average molecular weight is 808 g/mol. The molecule has 8 rings (SSSR count).